The molecule has 0 saturated heterocycles. The number of aromatic nitrogens is 3. The first-order valence-corrected chi connectivity index (χ1v) is 9.10. The van der Waals surface area contributed by atoms with Crippen molar-refractivity contribution >= 4 is 35.0 Å². The minimum Gasteiger partial charge on any atom is -0.484 e. The second-order valence-corrected chi connectivity index (χ2v) is 7.02. The van der Waals surface area contributed by atoms with Gasteiger partial charge in [0.15, 0.2) is 11.0 Å². The Balaban J connectivity index is 1.62. The van der Waals surface area contributed by atoms with E-state index in [1.165, 1.54) is 23.9 Å². The van der Waals surface area contributed by atoms with Crippen LogP contribution in [0.5, 0.6) is 5.75 Å². The van der Waals surface area contributed by atoms with Crippen molar-refractivity contribution in [2.75, 3.05) is 0 Å². The van der Waals surface area contributed by atoms with E-state index in [1.54, 1.807) is 30.3 Å². The first-order valence-electron chi connectivity index (χ1n) is 7.36. The van der Waals surface area contributed by atoms with Gasteiger partial charge in [0.2, 0.25) is 0 Å². The molecule has 0 aliphatic carbocycles. The number of nitrogens with zero attached hydrogens (tertiary/aromatic N) is 3. The van der Waals surface area contributed by atoms with Crippen LogP contribution in [0.25, 0.3) is 0 Å². The lowest BCUT2D eigenvalue weighted by Crippen LogP contribution is -2.04. The Kier molecular flexibility index (Phi) is 5.83. The molecule has 130 valence electrons. The summed E-state index contributed by atoms with van der Waals surface area (Å²) in [6.07, 6.45) is 0. The third kappa shape index (κ3) is 4.66. The fraction of sp³-hybridized carbons (Fsp3) is 0.176. The predicted octanol–water partition coefficient (Wildman–Crippen LogP) is 5.13. The first-order chi connectivity index (χ1) is 12.0. The largest absolute Gasteiger partial charge is 0.484 e. The maximum atomic E-state index is 12.9. The maximum Gasteiger partial charge on any atom is 0.191 e. The summed E-state index contributed by atoms with van der Waals surface area (Å²) in [4.78, 5) is 0. The van der Waals surface area contributed by atoms with Crippen LogP contribution in [0, 0.1) is 5.82 Å². The lowest BCUT2D eigenvalue weighted by atomic mass is 10.2. The second kappa shape index (κ2) is 8.08. The fourth-order valence-electron chi connectivity index (χ4n) is 2.06. The summed E-state index contributed by atoms with van der Waals surface area (Å²) in [5.74, 6) is 1.59. The van der Waals surface area contributed by atoms with E-state index in [2.05, 4.69) is 10.2 Å². The average molecular weight is 398 g/mol. The van der Waals surface area contributed by atoms with Crippen LogP contribution in [0.4, 0.5) is 4.39 Å². The molecule has 0 spiro atoms. The standard InChI is InChI=1S/C17H14Cl2FN3OS/c1-23-16(9-24-15-8-12(18)4-7-14(15)19)21-22-17(23)25-10-11-2-5-13(20)6-3-11/h2-8H,9-10H2,1H3. The van der Waals surface area contributed by atoms with Gasteiger partial charge in [-0.15, -0.1) is 10.2 Å². The van der Waals surface area contributed by atoms with Crippen molar-refractivity contribution < 1.29 is 9.13 Å². The van der Waals surface area contributed by atoms with Crippen molar-refractivity contribution in [3.8, 4) is 5.75 Å². The minimum absolute atomic E-state index is 0.223. The highest BCUT2D eigenvalue weighted by Gasteiger charge is 2.11. The molecule has 1 heterocycles. The van der Waals surface area contributed by atoms with E-state index >= 15 is 0 Å². The molecule has 0 radical (unpaired) electrons. The van der Waals surface area contributed by atoms with Gasteiger partial charge in [0, 0.05) is 23.9 Å². The summed E-state index contributed by atoms with van der Waals surface area (Å²) < 4.78 is 20.5. The number of benzene rings is 2. The number of hydrogen-bond donors (Lipinski definition) is 0. The van der Waals surface area contributed by atoms with E-state index < -0.39 is 0 Å². The highest BCUT2D eigenvalue weighted by Crippen LogP contribution is 2.28. The molecular weight excluding hydrogens is 384 g/mol. The van der Waals surface area contributed by atoms with E-state index in [0.29, 0.717) is 27.4 Å². The monoisotopic (exact) mass is 397 g/mol. The zero-order valence-corrected chi connectivity index (χ0v) is 15.6. The van der Waals surface area contributed by atoms with Gasteiger partial charge in [-0.1, -0.05) is 47.1 Å². The summed E-state index contributed by atoms with van der Waals surface area (Å²) >= 11 is 13.5. The second-order valence-electron chi connectivity index (χ2n) is 5.24. The van der Waals surface area contributed by atoms with Crippen molar-refractivity contribution in [1.29, 1.82) is 0 Å². The zero-order chi connectivity index (χ0) is 17.8. The third-order valence-corrected chi connectivity index (χ3v) is 5.10. The van der Waals surface area contributed by atoms with Gasteiger partial charge in [-0.2, -0.15) is 0 Å². The molecule has 0 unspecified atom stereocenters. The van der Waals surface area contributed by atoms with Gasteiger partial charge in [-0.3, -0.25) is 0 Å². The van der Waals surface area contributed by atoms with Crippen LogP contribution in [0.1, 0.15) is 11.4 Å². The van der Waals surface area contributed by atoms with Crippen LogP contribution >= 0.6 is 35.0 Å². The number of hydrogen-bond acceptors (Lipinski definition) is 4. The Morgan fingerprint density at radius 3 is 2.64 bits per heavy atom. The van der Waals surface area contributed by atoms with Gasteiger partial charge < -0.3 is 9.30 Å². The summed E-state index contributed by atoms with van der Waals surface area (Å²) in [7, 11) is 1.87. The van der Waals surface area contributed by atoms with Gasteiger partial charge in [0.05, 0.1) is 5.02 Å². The summed E-state index contributed by atoms with van der Waals surface area (Å²) in [5, 5.41) is 10.1. The normalized spacial score (nSPS) is 10.9. The number of rotatable bonds is 6. The molecule has 0 aliphatic rings. The molecule has 0 atom stereocenters. The van der Waals surface area contributed by atoms with Crippen molar-refractivity contribution in [3.05, 3.63) is 69.7 Å². The SMILES string of the molecule is Cn1c(COc2cc(Cl)ccc2Cl)nnc1SCc1ccc(F)cc1. The third-order valence-electron chi connectivity index (χ3n) is 3.46. The van der Waals surface area contributed by atoms with Crippen LogP contribution in [0.2, 0.25) is 10.0 Å². The van der Waals surface area contributed by atoms with E-state index in [-0.39, 0.29) is 12.4 Å². The minimum atomic E-state index is -0.244. The van der Waals surface area contributed by atoms with Crippen LogP contribution in [0.15, 0.2) is 47.6 Å². The van der Waals surface area contributed by atoms with Crippen molar-refractivity contribution in [1.82, 2.24) is 14.8 Å². The molecule has 0 aliphatic heterocycles. The molecule has 0 fully saturated rings. The zero-order valence-electron chi connectivity index (χ0n) is 13.2. The summed E-state index contributed by atoms with van der Waals surface area (Å²) in [6.45, 7) is 0.223. The van der Waals surface area contributed by atoms with Crippen LogP contribution in [-0.2, 0) is 19.4 Å². The number of thioether (sulfide) groups is 1. The number of halogens is 3. The predicted molar refractivity (Wildman–Crippen MR) is 97.8 cm³/mol. The van der Waals surface area contributed by atoms with Gasteiger partial charge in [-0.05, 0) is 29.8 Å². The average Bonchev–Trinajstić information content (AvgIpc) is 2.95. The van der Waals surface area contributed by atoms with Gasteiger partial charge in [-0.25, -0.2) is 4.39 Å². The quantitative estimate of drug-likeness (QED) is 0.540. The van der Waals surface area contributed by atoms with Crippen molar-refractivity contribution in [2.45, 2.75) is 17.5 Å². The molecule has 0 N–H and O–H groups in total. The Morgan fingerprint density at radius 2 is 1.88 bits per heavy atom. The molecule has 8 heteroatoms. The van der Waals surface area contributed by atoms with Gasteiger partial charge in [0.1, 0.15) is 18.2 Å². The Morgan fingerprint density at radius 1 is 1.12 bits per heavy atom. The lowest BCUT2D eigenvalue weighted by molar-refractivity contribution is 0.290. The lowest BCUT2D eigenvalue weighted by Gasteiger charge is -2.08. The maximum absolute atomic E-state index is 12.9. The molecule has 2 aromatic carbocycles. The molecule has 4 nitrogen and oxygen atoms in total. The highest BCUT2D eigenvalue weighted by molar-refractivity contribution is 7.98. The smallest absolute Gasteiger partial charge is 0.191 e. The van der Waals surface area contributed by atoms with Crippen LogP contribution in [-0.4, -0.2) is 14.8 Å². The molecule has 1 aromatic heterocycles. The van der Waals surface area contributed by atoms with E-state index in [0.717, 1.165) is 10.7 Å². The fourth-order valence-corrected chi connectivity index (χ4v) is 3.28. The molecular formula is C17H14Cl2FN3OS. The summed E-state index contributed by atoms with van der Waals surface area (Å²) in [6, 6.07) is 11.4. The first kappa shape index (κ1) is 18.0. The molecule has 0 saturated carbocycles. The van der Waals surface area contributed by atoms with Gasteiger partial charge >= 0.3 is 0 Å². The molecule has 3 rings (SSSR count). The van der Waals surface area contributed by atoms with E-state index in [1.807, 2.05) is 11.6 Å². The van der Waals surface area contributed by atoms with E-state index in [4.69, 9.17) is 27.9 Å². The van der Waals surface area contributed by atoms with Crippen molar-refractivity contribution in [2.24, 2.45) is 7.05 Å². The van der Waals surface area contributed by atoms with Gasteiger partial charge in [0.25, 0.3) is 0 Å². The van der Waals surface area contributed by atoms with Crippen molar-refractivity contribution in [3.63, 3.8) is 0 Å². The van der Waals surface area contributed by atoms with Crippen LogP contribution in [0.3, 0.4) is 0 Å². The topological polar surface area (TPSA) is 39.9 Å². The van der Waals surface area contributed by atoms with E-state index in [9.17, 15) is 4.39 Å². The molecule has 0 amide bonds. The highest BCUT2D eigenvalue weighted by atomic mass is 35.5. The molecule has 3 aromatic rings. The van der Waals surface area contributed by atoms with Crippen LogP contribution < -0.4 is 4.74 Å². The number of ether oxygens (including phenoxy) is 1. The Labute approximate surface area is 158 Å². The Hall–Kier alpha value is -1.76. The Bertz CT molecular complexity index is 871. The molecule has 0 bridgehead atoms. The summed E-state index contributed by atoms with van der Waals surface area (Å²) in [5.41, 5.74) is 1.01. The molecule has 25 heavy (non-hydrogen) atoms.